The van der Waals surface area contributed by atoms with Crippen LogP contribution in [0.15, 0.2) is 24.3 Å². The van der Waals surface area contributed by atoms with Crippen molar-refractivity contribution < 1.29 is 71.2 Å². The van der Waals surface area contributed by atoms with Crippen molar-refractivity contribution >= 4 is 33.9 Å². The summed E-state index contributed by atoms with van der Waals surface area (Å²) in [7, 11) is -5.01. The maximum Gasteiger partial charge on any atom is 1.00 e. The molecule has 1 heterocycles. The van der Waals surface area contributed by atoms with E-state index in [0.717, 1.165) is 51.4 Å². The van der Waals surface area contributed by atoms with E-state index in [1.165, 1.54) is 0 Å². The van der Waals surface area contributed by atoms with E-state index in [-0.39, 0.29) is 66.4 Å². The van der Waals surface area contributed by atoms with Crippen molar-refractivity contribution in [3.05, 3.63) is 35.4 Å². The largest absolute Gasteiger partial charge is 1.00 e. The predicted octanol–water partition coefficient (Wildman–Crippen LogP) is 1.38. The van der Waals surface area contributed by atoms with Crippen LogP contribution in [-0.4, -0.2) is 55.2 Å². The van der Waals surface area contributed by atoms with Crippen LogP contribution < -0.4 is 34.9 Å². The number of nitrogens with one attached hydrogen (secondary N) is 1. The van der Waals surface area contributed by atoms with Crippen molar-refractivity contribution in [1.82, 2.24) is 5.32 Å². The Morgan fingerprint density at radius 1 is 0.850 bits per heavy atom. The summed E-state index contributed by atoms with van der Waals surface area (Å²) in [4.78, 5) is 46.0. The molecular formula is C28H42NNaO9S. The summed E-state index contributed by atoms with van der Waals surface area (Å²) in [6, 6.07) is 6.74. The van der Waals surface area contributed by atoms with Crippen molar-refractivity contribution in [2.45, 2.75) is 90.7 Å². The summed E-state index contributed by atoms with van der Waals surface area (Å²) < 4.78 is 44.6. The van der Waals surface area contributed by atoms with Gasteiger partial charge in [0.25, 0.3) is 11.8 Å². The normalized spacial score (nSPS) is 14.4. The molecule has 2 rings (SSSR count). The fourth-order valence-electron chi connectivity index (χ4n) is 3.93. The number of hydrogen-bond donors (Lipinski definition) is 1. The molecule has 0 aromatic heterocycles. The Bertz CT molecular complexity index is 1030. The first kappa shape index (κ1) is 38.2. The van der Waals surface area contributed by atoms with Crippen LogP contribution in [0.4, 0.5) is 0 Å². The minimum Gasteiger partial charge on any atom is -0.747 e. The quantitative estimate of drug-likeness (QED) is 0.130. The van der Waals surface area contributed by atoms with Gasteiger partial charge in [-0.2, -0.15) is 0 Å². The number of amides is 2. The van der Waals surface area contributed by atoms with Gasteiger partial charge in [0.05, 0.1) is 30.8 Å². The van der Waals surface area contributed by atoms with E-state index in [0.29, 0.717) is 11.1 Å². The van der Waals surface area contributed by atoms with Crippen LogP contribution in [0.25, 0.3) is 0 Å². The van der Waals surface area contributed by atoms with E-state index in [1.807, 2.05) is 13.8 Å². The van der Waals surface area contributed by atoms with Crippen LogP contribution in [0.5, 0.6) is 0 Å². The summed E-state index contributed by atoms with van der Waals surface area (Å²) in [5.41, 5.74) is 0.940. The van der Waals surface area contributed by atoms with Crippen molar-refractivity contribution in [2.24, 2.45) is 11.8 Å². The Labute approximate surface area is 260 Å². The number of rotatable bonds is 16. The molecular weight excluding hydrogens is 549 g/mol. The van der Waals surface area contributed by atoms with Gasteiger partial charge in [-0.05, 0) is 36.8 Å². The first-order valence-electron chi connectivity index (χ1n) is 13.7. The van der Waals surface area contributed by atoms with Gasteiger partial charge >= 0.3 is 41.5 Å². The van der Waals surface area contributed by atoms with Crippen LogP contribution in [0.2, 0.25) is 0 Å². The third-order valence-corrected chi connectivity index (χ3v) is 7.69. The van der Waals surface area contributed by atoms with Gasteiger partial charge in [-0.25, -0.2) is 8.42 Å². The van der Waals surface area contributed by atoms with E-state index < -0.39 is 33.7 Å². The van der Waals surface area contributed by atoms with Crippen molar-refractivity contribution in [2.75, 3.05) is 13.2 Å². The Balaban J connectivity index is 0.00000104. The number of carbonyl (C=O) groups is 4. The smallest absolute Gasteiger partial charge is 0.747 e. The summed E-state index contributed by atoms with van der Waals surface area (Å²) >= 11 is 0. The molecule has 1 aromatic rings. The zero-order valence-electron chi connectivity index (χ0n) is 24.4. The molecule has 1 N–H and O–H groups in total. The fourth-order valence-corrected chi connectivity index (χ4v) is 4.57. The molecule has 0 saturated heterocycles. The van der Waals surface area contributed by atoms with Gasteiger partial charge in [0.2, 0.25) is 0 Å². The van der Waals surface area contributed by atoms with Gasteiger partial charge < -0.3 is 14.0 Å². The Kier molecular flexibility index (Phi) is 19.2. The SMILES string of the molecule is CCCCC(CC)COC(=O)CC(C(=O)OCC(CC)CCCC)S(=O)(=O)[O-].O=C1NC(=O)c2ccccc21.[Na+]. The molecule has 0 bridgehead atoms. The minimum absolute atomic E-state index is 0. The summed E-state index contributed by atoms with van der Waals surface area (Å²) in [6.45, 7) is 8.26. The maximum absolute atomic E-state index is 12.1. The predicted molar refractivity (Wildman–Crippen MR) is 145 cm³/mol. The van der Waals surface area contributed by atoms with E-state index in [2.05, 4.69) is 19.2 Å². The molecule has 0 saturated carbocycles. The second kappa shape index (κ2) is 20.1. The molecule has 40 heavy (non-hydrogen) atoms. The number of esters is 2. The average Bonchev–Trinajstić information content (AvgIpc) is 3.20. The molecule has 0 spiro atoms. The minimum atomic E-state index is -5.01. The molecule has 0 radical (unpaired) electrons. The molecule has 12 heteroatoms. The maximum atomic E-state index is 12.1. The number of unbranched alkanes of at least 4 members (excludes halogenated alkanes) is 2. The summed E-state index contributed by atoms with van der Waals surface area (Å²) in [6.07, 6.45) is 6.58. The second-order valence-electron chi connectivity index (χ2n) is 9.66. The van der Waals surface area contributed by atoms with Gasteiger partial charge in [-0.1, -0.05) is 78.4 Å². The summed E-state index contributed by atoms with van der Waals surface area (Å²) in [5, 5.41) is 0.148. The molecule has 2 amide bonds. The van der Waals surface area contributed by atoms with Crippen molar-refractivity contribution in [3.63, 3.8) is 0 Å². The Morgan fingerprint density at radius 3 is 1.70 bits per heavy atom. The van der Waals surface area contributed by atoms with Crippen molar-refractivity contribution in [1.29, 1.82) is 0 Å². The standard InChI is InChI=1S/C20H38O7S.C8H5NO2.Na/c1-5-9-11-16(7-3)14-26-19(21)13-18(28(23,24)25)20(22)27-15-17(8-4)12-10-6-2;10-7-5-3-1-2-4-6(5)8(11)9-7;/h16-18H,5-15H2,1-4H3,(H,23,24,25);1-4H,(H,9,10,11);/q;;+1/p-1. The second-order valence-corrected chi connectivity index (χ2v) is 11.2. The third-order valence-electron chi connectivity index (χ3n) is 6.63. The van der Waals surface area contributed by atoms with Gasteiger partial charge in [-0.15, -0.1) is 0 Å². The number of imide groups is 1. The van der Waals surface area contributed by atoms with E-state index >= 15 is 0 Å². The number of hydrogen-bond acceptors (Lipinski definition) is 9. The number of fused-ring (bicyclic) bond motifs is 1. The number of ether oxygens (including phenoxy) is 2. The monoisotopic (exact) mass is 591 g/mol. The molecule has 3 unspecified atom stereocenters. The first-order valence-corrected chi connectivity index (χ1v) is 15.2. The molecule has 220 valence electrons. The Morgan fingerprint density at radius 2 is 1.30 bits per heavy atom. The van der Waals surface area contributed by atoms with E-state index in [4.69, 9.17) is 9.47 Å². The zero-order valence-corrected chi connectivity index (χ0v) is 27.2. The zero-order chi connectivity index (χ0) is 29.4. The molecule has 10 nitrogen and oxygen atoms in total. The van der Waals surface area contributed by atoms with E-state index in [9.17, 15) is 32.1 Å². The molecule has 0 fully saturated rings. The summed E-state index contributed by atoms with van der Waals surface area (Å²) in [5.74, 6) is -2.35. The van der Waals surface area contributed by atoms with Gasteiger partial charge in [0.15, 0.2) is 5.25 Å². The topological polar surface area (TPSA) is 156 Å². The first-order chi connectivity index (χ1) is 18.5. The number of carbonyl (C=O) groups excluding carboxylic acids is 4. The molecule has 1 aromatic carbocycles. The fraction of sp³-hybridized carbons (Fsp3) is 0.643. The third kappa shape index (κ3) is 13.7. The molecule has 1 aliphatic rings. The molecule has 1 aliphatic heterocycles. The average molecular weight is 592 g/mol. The molecule has 3 atom stereocenters. The van der Waals surface area contributed by atoms with Crippen LogP contribution >= 0.6 is 0 Å². The van der Waals surface area contributed by atoms with Crippen LogP contribution in [0.3, 0.4) is 0 Å². The van der Waals surface area contributed by atoms with Gasteiger partial charge in [-0.3, -0.25) is 24.5 Å². The van der Waals surface area contributed by atoms with Crippen LogP contribution in [0.1, 0.15) is 106 Å². The van der Waals surface area contributed by atoms with Gasteiger partial charge in [0, 0.05) is 0 Å². The number of benzene rings is 1. The van der Waals surface area contributed by atoms with Crippen molar-refractivity contribution in [3.8, 4) is 0 Å². The van der Waals surface area contributed by atoms with Gasteiger partial charge in [0.1, 0.15) is 10.1 Å². The van der Waals surface area contributed by atoms with Crippen LogP contribution in [0, 0.1) is 11.8 Å². The molecule has 0 aliphatic carbocycles. The Hall–Kier alpha value is -1.79. The van der Waals surface area contributed by atoms with Crippen LogP contribution in [-0.2, 0) is 29.2 Å². The van der Waals surface area contributed by atoms with E-state index in [1.54, 1.807) is 24.3 Å².